The first kappa shape index (κ1) is 8.87. The summed E-state index contributed by atoms with van der Waals surface area (Å²) in [5.74, 6) is 0.421. The van der Waals surface area contributed by atoms with Gasteiger partial charge in [0.15, 0.2) is 0 Å². The molecule has 0 saturated heterocycles. The molecule has 2 aromatic rings. The highest BCUT2D eigenvalue weighted by Crippen LogP contribution is 2.34. The second-order valence-corrected chi connectivity index (χ2v) is 4.53. The van der Waals surface area contributed by atoms with E-state index in [2.05, 4.69) is 9.97 Å². The molecule has 0 fully saturated rings. The third-order valence-corrected chi connectivity index (χ3v) is 3.62. The number of nitrogens with zero attached hydrogens (tertiary/aromatic N) is 1. The van der Waals surface area contributed by atoms with E-state index in [0.717, 1.165) is 16.7 Å². The molecule has 15 heavy (non-hydrogen) atoms. The van der Waals surface area contributed by atoms with Crippen molar-refractivity contribution in [2.45, 2.75) is 13.0 Å². The second kappa shape index (κ2) is 3.04. The number of nitrogen functional groups attached to an aromatic ring is 1. The molecule has 3 N–H and O–H groups in total. The topological polar surface area (TPSA) is 81.0 Å². The maximum absolute atomic E-state index is 11.1. The maximum atomic E-state index is 11.1. The summed E-state index contributed by atoms with van der Waals surface area (Å²) in [4.78, 5) is 19.4. The van der Waals surface area contributed by atoms with Gasteiger partial charge in [0.05, 0.1) is 18.6 Å². The smallest absolute Gasteiger partial charge is 0.347 e. The molecule has 1 aliphatic heterocycles. The first-order valence-corrected chi connectivity index (χ1v) is 5.45. The van der Waals surface area contributed by atoms with Crippen LogP contribution in [0.1, 0.15) is 10.4 Å². The van der Waals surface area contributed by atoms with Crippen LogP contribution in [0, 0.1) is 0 Å². The molecule has 0 radical (unpaired) electrons. The van der Waals surface area contributed by atoms with Crippen molar-refractivity contribution >= 4 is 27.4 Å². The van der Waals surface area contributed by atoms with E-state index < -0.39 is 0 Å². The van der Waals surface area contributed by atoms with Gasteiger partial charge in [-0.05, 0) is 12.0 Å². The summed E-state index contributed by atoms with van der Waals surface area (Å²) in [5, 5.41) is 0.901. The van der Waals surface area contributed by atoms with Crippen molar-refractivity contribution in [1.29, 1.82) is 0 Å². The minimum Gasteiger partial charge on any atom is -0.385 e. The number of aromatic amines is 1. The quantitative estimate of drug-likeness (QED) is 0.686. The highest BCUT2D eigenvalue weighted by atomic mass is 32.1. The van der Waals surface area contributed by atoms with Crippen molar-refractivity contribution in [3.8, 4) is 0 Å². The minimum absolute atomic E-state index is 0.389. The van der Waals surface area contributed by atoms with Gasteiger partial charge in [-0.15, -0.1) is 11.3 Å². The van der Waals surface area contributed by atoms with Crippen molar-refractivity contribution in [3.63, 3.8) is 0 Å². The van der Waals surface area contributed by atoms with Crippen LogP contribution in [0.25, 0.3) is 10.2 Å². The highest BCUT2D eigenvalue weighted by Gasteiger charge is 2.19. The fourth-order valence-corrected chi connectivity index (χ4v) is 3.04. The Hall–Kier alpha value is -1.40. The van der Waals surface area contributed by atoms with Crippen molar-refractivity contribution < 1.29 is 4.74 Å². The second-order valence-electron chi connectivity index (χ2n) is 3.44. The number of hydrogen-bond donors (Lipinski definition) is 2. The third-order valence-electron chi connectivity index (χ3n) is 2.52. The monoisotopic (exact) mass is 223 g/mol. The van der Waals surface area contributed by atoms with Gasteiger partial charge in [0.2, 0.25) is 0 Å². The first-order valence-electron chi connectivity index (χ1n) is 4.63. The molecule has 0 amide bonds. The summed E-state index contributed by atoms with van der Waals surface area (Å²) >= 11 is 1.49. The lowest BCUT2D eigenvalue weighted by molar-refractivity contribution is 0.114. The molecule has 6 heteroatoms. The molecule has 1 aliphatic rings. The number of nitrogens with two attached hydrogens (primary N) is 1. The zero-order valence-electron chi connectivity index (χ0n) is 7.87. The van der Waals surface area contributed by atoms with E-state index in [-0.39, 0.29) is 5.69 Å². The van der Waals surface area contributed by atoms with Crippen molar-refractivity contribution in [1.82, 2.24) is 9.97 Å². The Morgan fingerprint density at radius 3 is 3.27 bits per heavy atom. The predicted octanol–water partition coefficient (Wildman–Crippen LogP) is 0.640. The average Bonchev–Trinajstić information content (AvgIpc) is 2.54. The van der Waals surface area contributed by atoms with Crippen LogP contribution < -0.4 is 11.4 Å². The van der Waals surface area contributed by atoms with Gasteiger partial charge in [-0.1, -0.05) is 0 Å². The normalized spacial score (nSPS) is 15.5. The van der Waals surface area contributed by atoms with Gasteiger partial charge in [0.1, 0.15) is 10.6 Å². The minimum atomic E-state index is -0.389. The van der Waals surface area contributed by atoms with Gasteiger partial charge in [-0.25, -0.2) is 4.79 Å². The number of aromatic nitrogens is 2. The van der Waals surface area contributed by atoms with Gasteiger partial charge in [0, 0.05) is 4.88 Å². The molecule has 0 unspecified atom stereocenters. The fourth-order valence-electron chi connectivity index (χ4n) is 1.87. The van der Waals surface area contributed by atoms with Gasteiger partial charge >= 0.3 is 5.69 Å². The molecule has 0 spiro atoms. The van der Waals surface area contributed by atoms with Crippen LogP contribution in [0.3, 0.4) is 0 Å². The number of thiophene rings is 1. The Morgan fingerprint density at radius 1 is 1.53 bits per heavy atom. The van der Waals surface area contributed by atoms with Crippen molar-refractivity contribution in [2.24, 2.45) is 0 Å². The van der Waals surface area contributed by atoms with Gasteiger partial charge in [0.25, 0.3) is 0 Å². The van der Waals surface area contributed by atoms with E-state index in [1.54, 1.807) is 0 Å². The van der Waals surface area contributed by atoms with E-state index in [1.807, 2.05) is 0 Å². The average molecular weight is 223 g/mol. The molecule has 0 atom stereocenters. The molecule has 3 rings (SSSR count). The van der Waals surface area contributed by atoms with Crippen LogP contribution in [-0.4, -0.2) is 16.6 Å². The molecular weight excluding hydrogens is 214 g/mol. The zero-order chi connectivity index (χ0) is 10.4. The number of H-pyrrole nitrogens is 1. The molecule has 0 bridgehead atoms. The van der Waals surface area contributed by atoms with E-state index in [1.165, 1.54) is 16.9 Å². The lowest BCUT2D eigenvalue weighted by Gasteiger charge is -2.11. The van der Waals surface area contributed by atoms with Crippen LogP contribution in [0.15, 0.2) is 4.79 Å². The number of rotatable bonds is 0. The van der Waals surface area contributed by atoms with E-state index in [0.29, 0.717) is 23.9 Å². The van der Waals surface area contributed by atoms with Crippen LogP contribution in [0.4, 0.5) is 5.82 Å². The molecule has 3 heterocycles. The predicted molar refractivity (Wildman–Crippen MR) is 58.0 cm³/mol. The highest BCUT2D eigenvalue weighted by molar-refractivity contribution is 7.18. The fraction of sp³-hybridized carbons (Fsp3) is 0.333. The Kier molecular flexibility index (Phi) is 1.80. The van der Waals surface area contributed by atoms with Gasteiger partial charge < -0.3 is 10.5 Å². The molecule has 78 valence electrons. The van der Waals surface area contributed by atoms with Crippen molar-refractivity contribution in [2.75, 3.05) is 12.3 Å². The molecule has 2 aromatic heterocycles. The molecule has 0 aromatic carbocycles. The summed E-state index contributed by atoms with van der Waals surface area (Å²) < 4.78 is 5.35. The molecule has 5 nitrogen and oxygen atoms in total. The number of nitrogens with one attached hydrogen (secondary N) is 1. The zero-order valence-corrected chi connectivity index (χ0v) is 8.69. The summed E-state index contributed by atoms with van der Waals surface area (Å²) in [6.07, 6.45) is 0.841. The largest absolute Gasteiger partial charge is 0.385 e. The van der Waals surface area contributed by atoms with E-state index in [9.17, 15) is 4.79 Å². The summed E-state index contributed by atoms with van der Waals surface area (Å²) in [5.41, 5.74) is 6.59. The SMILES string of the molecule is Nc1[nH]c(=O)nc2sc3c(c12)CCOC3. The Balaban J connectivity index is 2.42. The Morgan fingerprint density at radius 2 is 2.40 bits per heavy atom. The molecule has 0 aliphatic carbocycles. The van der Waals surface area contributed by atoms with Crippen molar-refractivity contribution in [3.05, 3.63) is 20.9 Å². The summed E-state index contributed by atoms with van der Waals surface area (Å²) in [7, 11) is 0. The summed E-state index contributed by atoms with van der Waals surface area (Å²) in [6.45, 7) is 1.31. The Labute approximate surface area is 88.9 Å². The maximum Gasteiger partial charge on any atom is 0.347 e. The number of fused-ring (bicyclic) bond motifs is 3. The lowest BCUT2D eigenvalue weighted by atomic mass is 10.1. The van der Waals surface area contributed by atoms with Gasteiger partial charge in [-0.2, -0.15) is 4.98 Å². The van der Waals surface area contributed by atoms with Crippen LogP contribution >= 0.6 is 11.3 Å². The van der Waals surface area contributed by atoms with E-state index >= 15 is 0 Å². The van der Waals surface area contributed by atoms with Crippen LogP contribution in [0.5, 0.6) is 0 Å². The lowest BCUT2D eigenvalue weighted by Crippen LogP contribution is -2.13. The number of hydrogen-bond acceptors (Lipinski definition) is 5. The summed E-state index contributed by atoms with van der Waals surface area (Å²) in [6, 6.07) is 0. The van der Waals surface area contributed by atoms with Crippen LogP contribution in [0.2, 0.25) is 0 Å². The molecule has 0 saturated carbocycles. The van der Waals surface area contributed by atoms with E-state index in [4.69, 9.17) is 10.5 Å². The third kappa shape index (κ3) is 1.25. The molecular formula is C9H9N3O2S. The van der Waals surface area contributed by atoms with Gasteiger partial charge in [-0.3, -0.25) is 4.98 Å². The number of anilines is 1. The standard InChI is InChI=1S/C9H9N3O2S/c10-7-6-4-1-2-14-3-5(4)15-8(6)12-9(13)11-7/h1-3H2,(H3,10,11,12,13). The van der Waals surface area contributed by atoms with Crippen LogP contribution in [-0.2, 0) is 17.8 Å². The Bertz CT molecular complexity index is 587. The number of ether oxygens (including phenoxy) is 1. The first-order chi connectivity index (χ1) is 7.25.